The first kappa shape index (κ1) is 22.5. The SMILES string of the molecule is CSC1(C(=O)O)CCN(CC(=O)N2CCN(c3ccc(-c4ncccn4)c(F)c3)CC2)C1. The summed E-state index contributed by atoms with van der Waals surface area (Å²) in [5.41, 5.74) is 1.12. The molecule has 4 rings (SSSR count). The van der Waals surface area contributed by atoms with Crippen LogP contribution in [0.2, 0.25) is 0 Å². The Morgan fingerprint density at radius 1 is 1.16 bits per heavy atom. The number of aromatic nitrogens is 2. The van der Waals surface area contributed by atoms with Crippen molar-refractivity contribution < 1.29 is 19.1 Å². The first-order valence-electron chi connectivity index (χ1n) is 10.5. The van der Waals surface area contributed by atoms with Gasteiger partial charge in [0.2, 0.25) is 5.91 Å². The summed E-state index contributed by atoms with van der Waals surface area (Å²) in [6, 6.07) is 6.71. The number of carbonyl (C=O) groups is 2. The lowest BCUT2D eigenvalue weighted by Gasteiger charge is -2.37. The highest BCUT2D eigenvalue weighted by Gasteiger charge is 2.44. The van der Waals surface area contributed by atoms with Gasteiger partial charge in [-0.15, -0.1) is 11.8 Å². The second kappa shape index (κ2) is 9.41. The average Bonchev–Trinajstić information content (AvgIpc) is 3.24. The van der Waals surface area contributed by atoms with Crippen LogP contribution in [0.5, 0.6) is 0 Å². The number of nitrogens with zero attached hydrogens (tertiary/aromatic N) is 5. The van der Waals surface area contributed by atoms with Gasteiger partial charge in [0.25, 0.3) is 0 Å². The standard InChI is InChI=1S/C22H26FN5O3S/c1-32-22(21(30)31)5-8-26(15-22)14-19(29)28-11-9-27(10-12-28)16-3-4-17(18(23)13-16)20-24-6-2-7-25-20/h2-4,6-7,13H,5,8-12,14-15H2,1H3,(H,30,31). The number of amides is 1. The number of carboxylic acids is 1. The van der Waals surface area contributed by atoms with E-state index in [1.807, 2.05) is 11.0 Å². The van der Waals surface area contributed by atoms with E-state index in [9.17, 15) is 19.1 Å². The van der Waals surface area contributed by atoms with E-state index in [0.717, 1.165) is 5.69 Å². The van der Waals surface area contributed by atoms with E-state index in [-0.39, 0.29) is 18.3 Å². The Labute approximate surface area is 190 Å². The van der Waals surface area contributed by atoms with Gasteiger partial charge in [-0.2, -0.15) is 0 Å². The van der Waals surface area contributed by atoms with Crippen molar-refractivity contribution in [3.63, 3.8) is 0 Å². The quantitative estimate of drug-likeness (QED) is 0.700. The number of piperazine rings is 1. The van der Waals surface area contributed by atoms with E-state index in [1.54, 1.807) is 35.7 Å². The van der Waals surface area contributed by atoms with Crippen LogP contribution < -0.4 is 4.90 Å². The van der Waals surface area contributed by atoms with Crippen LogP contribution in [0.1, 0.15) is 6.42 Å². The lowest BCUT2D eigenvalue weighted by atomic mass is 10.1. The minimum atomic E-state index is -0.819. The Kier molecular flexibility index (Phi) is 6.61. The maximum Gasteiger partial charge on any atom is 0.321 e. The van der Waals surface area contributed by atoms with E-state index in [1.165, 1.54) is 17.8 Å². The molecule has 0 bridgehead atoms. The zero-order chi connectivity index (χ0) is 22.7. The molecular formula is C22H26FN5O3S. The molecule has 1 unspecified atom stereocenters. The summed E-state index contributed by atoms with van der Waals surface area (Å²) in [5.74, 6) is -0.834. The van der Waals surface area contributed by atoms with Crippen molar-refractivity contribution in [2.45, 2.75) is 11.2 Å². The van der Waals surface area contributed by atoms with Crippen LogP contribution in [0.4, 0.5) is 10.1 Å². The number of benzene rings is 1. The van der Waals surface area contributed by atoms with Gasteiger partial charge in [-0.25, -0.2) is 14.4 Å². The number of carboxylic acid groups (broad SMARTS) is 1. The Bertz CT molecular complexity index is 987. The first-order chi connectivity index (χ1) is 15.4. The third-order valence-electron chi connectivity index (χ3n) is 6.21. The van der Waals surface area contributed by atoms with E-state index in [4.69, 9.17) is 0 Å². The summed E-state index contributed by atoms with van der Waals surface area (Å²) in [6.07, 6.45) is 5.51. The summed E-state index contributed by atoms with van der Waals surface area (Å²) in [5, 5.41) is 9.52. The zero-order valence-electron chi connectivity index (χ0n) is 17.9. The van der Waals surface area contributed by atoms with Crippen molar-refractivity contribution >= 4 is 29.3 Å². The molecule has 32 heavy (non-hydrogen) atoms. The summed E-state index contributed by atoms with van der Waals surface area (Å²) in [7, 11) is 0. The molecule has 1 aromatic heterocycles. The summed E-state index contributed by atoms with van der Waals surface area (Å²) >= 11 is 1.34. The molecule has 1 N–H and O–H groups in total. The second-order valence-corrected chi connectivity index (χ2v) is 9.26. The van der Waals surface area contributed by atoms with Gasteiger partial charge in [0, 0.05) is 57.3 Å². The lowest BCUT2D eigenvalue weighted by molar-refractivity contribution is -0.140. The Hall–Kier alpha value is -2.72. The molecule has 1 atom stereocenters. The highest BCUT2D eigenvalue weighted by Crippen LogP contribution is 2.34. The number of rotatable bonds is 6. The van der Waals surface area contributed by atoms with Crippen molar-refractivity contribution in [3.05, 3.63) is 42.5 Å². The van der Waals surface area contributed by atoms with Gasteiger partial charge in [0.05, 0.1) is 12.1 Å². The van der Waals surface area contributed by atoms with Crippen molar-refractivity contribution in [3.8, 4) is 11.4 Å². The molecule has 3 heterocycles. The fourth-order valence-electron chi connectivity index (χ4n) is 4.25. The first-order valence-corrected chi connectivity index (χ1v) is 11.7. The van der Waals surface area contributed by atoms with Crippen LogP contribution >= 0.6 is 11.8 Å². The van der Waals surface area contributed by atoms with Crippen LogP contribution in [-0.2, 0) is 9.59 Å². The van der Waals surface area contributed by atoms with Crippen LogP contribution in [-0.4, -0.2) is 93.6 Å². The lowest BCUT2D eigenvalue weighted by Crippen LogP contribution is -2.51. The van der Waals surface area contributed by atoms with Crippen LogP contribution in [0, 0.1) is 5.82 Å². The average molecular weight is 460 g/mol. The molecule has 2 fully saturated rings. The maximum absolute atomic E-state index is 14.7. The normalized spacial score (nSPS) is 21.7. The number of halogens is 1. The molecule has 170 valence electrons. The minimum Gasteiger partial charge on any atom is -0.480 e. The number of likely N-dealkylation sites (tertiary alicyclic amines) is 1. The predicted octanol–water partition coefficient (Wildman–Crippen LogP) is 1.82. The van der Waals surface area contributed by atoms with E-state index in [2.05, 4.69) is 14.9 Å². The minimum absolute atomic E-state index is 0.00898. The molecule has 8 nitrogen and oxygen atoms in total. The molecule has 10 heteroatoms. The fourth-order valence-corrected chi connectivity index (χ4v) is 5.03. The van der Waals surface area contributed by atoms with Crippen molar-refractivity contribution in [1.29, 1.82) is 0 Å². The number of aliphatic carboxylic acids is 1. The molecule has 2 aliphatic heterocycles. The molecule has 0 aliphatic carbocycles. The smallest absolute Gasteiger partial charge is 0.321 e. The van der Waals surface area contributed by atoms with Gasteiger partial charge >= 0.3 is 5.97 Å². The Morgan fingerprint density at radius 2 is 1.88 bits per heavy atom. The number of hydrogen-bond donors (Lipinski definition) is 1. The molecule has 1 amide bonds. The molecule has 0 spiro atoms. The van der Waals surface area contributed by atoms with Crippen LogP contribution in [0.25, 0.3) is 11.4 Å². The summed E-state index contributed by atoms with van der Waals surface area (Å²) < 4.78 is 13.8. The molecule has 1 aromatic carbocycles. The van der Waals surface area contributed by atoms with E-state index < -0.39 is 10.7 Å². The largest absolute Gasteiger partial charge is 0.480 e. The van der Waals surface area contributed by atoms with Crippen molar-refractivity contribution in [2.75, 3.05) is 57.0 Å². The molecular weight excluding hydrogens is 433 g/mol. The van der Waals surface area contributed by atoms with E-state index >= 15 is 0 Å². The topological polar surface area (TPSA) is 89.9 Å². The van der Waals surface area contributed by atoms with Crippen LogP contribution in [0.3, 0.4) is 0 Å². The fraction of sp³-hybridized carbons (Fsp3) is 0.455. The van der Waals surface area contributed by atoms with Gasteiger partial charge in [0.1, 0.15) is 10.6 Å². The van der Waals surface area contributed by atoms with Crippen molar-refractivity contribution in [2.24, 2.45) is 0 Å². The van der Waals surface area contributed by atoms with Gasteiger partial charge in [-0.1, -0.05) is 0 Å². The predicted molar refractivity (Wildman–Crippen MR) is 121 cm³/mol. The van der Waals surface area contributed by atoms with Gasteiger partial charge in [-0.05, 0) is 36.9 Å². The Balaban J connectivity index is 1.32. The van der Waals surface area contributed by atoms with Gasteiger partial charge < -0.3 is 14.9 Å². The number of hydrogen-bond acceptors (Lipinski definition) is 7. The molecule has 0 radical (unpaired) electrons. The summed E-state index contributed by atoms with van der Waals surface area (Å²) in [6.45, 7) is 3.53. The summed E-state index contributed by atoms with van der Waals surface area (Å²) in [4.78, 5) is 38.4. The molecule has 2 aromatic rings. The van der Waals surface area contributed by atoms with Gasteiger partial charge in [0.15, 0.2) is 5.82 Å². The van der Waals surface area contributed by atoms with Crippen molar-refractivity contribution in [1.82, 2.24) is 19.8 Å². The molecule has 2 saturated heterocycles. The van der Waals surface area contributed by atoms with Gasteiger partial charge in [-0.3, -0.25) is 14.5 Å². The monoisotopic (exact) mass is 459 g/mol. The highest BCUT2D eigenvalue weighted by molar-refractivity contribution is 8.00. The number of anilines is 1. The maximum atomic E-state index is 14.7. The Morgan fingerprint density at radius 3 is 2.47 bits per heavy atom. The van der Waals surface area contributed by atoms with E-state index in [0.29, 0.717) is 57.1 Å². The number of carbonyl (C=O) groups excluding carboxylic acids is 1. The second-order valence-electron chi connectivity index (χ2n) is 8.07. The molecule has 2 aliphatic rings. The molecule has 0 saturated carbocycles. The third kappa shape index (κ3) is 4.56. The van der Waals surface area contributed by atoms with Crippen LogP contribution in [0.15, 0.2) is 36.7 Å². The number of thioether (sulfide) groups is 1. The zero-order valence-corrected chi connectivity index (χ0v) is 18.7. The highest BCUT2D eigenvalue weighted by atomic mass is 32.2. The third-order valence-corrected chi connectivity index (χ3v) is 7.50.